The van der Waals surface area contributed by atoms with Crippen molar-refractivity contribution in [2.75, 3.05) is 0 Å². The second kappa shape index (κ2) is 2.03. The monoisotopic (exact) mass is 137 g/mol. The molecule has 0 bridgehead atoms. The zero-order valence-electron chi connectivity index (χ0n) is 5.83. The molecular formula is C6H7N3O. The van der Waals surface area contributed by atoms with E-state index in [0.717, 1.165) is 0 Å². The summed E-state index contributed by atoms with van der Waals surface area (Å²) in [6, 6.07) is 1.90. The third-order valence-electron chi connectivity index (χ3n) is 1.38. The fourth-order valence-electron chi connectivity index (χ4n) is 0.769. The Morgan fingerprint density at radius 3 is 2.40 bits per heavy atom. The summed E-state index contributed by atoms with van der Waals surface area (Å²) in [5, 5.41) is 8.43. The Morgan fingerprint density at radius 2 is 2.20 bits per heavy atom. The normalized spacial score (nSPS) is 9.30. The fraction of sp³-hybridized carbons (Fsp3) is 0.333. The molecule has 0 atom stereocenters. The van der Waals surface area contributed by atoms with E-state index in [-0.39, 0.29) is 5.69 Å². The molecule has 0 saturated heterocycles. The first kappa shape index (κ1) is 6.62. The van der Waals surface area contributed by atoms with Gasteiger partial charge in [0.2, 0.25) is 0 Å². The van der Waals surface area contributed by atoms with Crippen LogP contribution in [-0.2, 0) is 14.1 Å². The number of hydrogen-bond acceptors (Lipinski definition) is 2. The standard InChI is InChI=1S/C6H7N3O/c1-8-4-5(3-7)9(2)6(8)10/h4H,1-2H3. The van der Waals surface area contributed by atoms with Gasteiger partial charge in [0.05, 0.1) is 0 Å². The van der Waals surface area contributed by atoms with Crippen LogP contribution in [0.25, 0.3) is 0 Å². The van der Waals surface area contributed by atoms with Crippen LogP contribution in [0, 0.1) is 11.3 Å². The van der Waals surface area contributed by atoms with Gasteiger partial charge in [0.15, 0.2) is 0 Å². The van der Waals surface area contributed by atoms with Crippen LogP contribution in [0.1, 0.15) is 5.69 Å². The quantitative estimate of drug-likeness (QED) is 0.488. The molecule has 52 valence electrons. The molecule has 0 unspecified atom stereocenters. The Labute approximate surface area is 57.9 Å². The molecule has 10 heavy (non-hydrogen) atoms. The molecule has 0 fully saturated rings. The first-order chi connectivity index (χ1) is 4.66. The minimum atomic E-state index is -0.170. The maximum atomic E-state index is 10.9. The highest BCUT2D eigenvalue weighted by atomic mass is 16.1. The topological polar surface area (TPSA) is 50.7 Å². The molecule has 0 aliphatic heterocycles. The van der Waals surface area contributed by atoms with E-state index in [4.69, 9.17) is 5.26 Å². The molecule has 1 aromatic rings. The Balaban J connectivity index is 3.50. The van der Waals surface area contributed by atoms with Crippen LogP contribution >= 0.6 is 0 Å². The molecule has 0 amide bonds. The second-order valence-corrected chi connectivity index (χ2v) is 2.08. The van der Waals surface area contributed by atoms with Crippen molar-refractivity contribution in [3.8, 4) is 6.07 Å². The minimum Gasteiger partial charge on any atom is -0.301 e. The van der Waals surface area contributed by atoms with E-state index in [2.05, 4.69) is 0 Å². The average molecular weight is 137 g/mol. The van der Waals surface area contributed by atoms with E-state index in [0.29, 0.717) is 5.69 Å². The number of rotatable bonds is 0. The summed E-state index contributed by atoms with van der Waals surface area (Å²) in [5.41, 5.74) is 0.212. The molecule has 0 aromatic carbocycles. The van der Waals surface area contributed by atoms with E-state index in [1.807, 2.05) is 6.07 Å². The lowest BCUT2D eigenvalue weighted by Gasteiger charge is -1.85. The van der Waals surface area contributed by atoms with Crippen molar-refractivity contribution >= 4 is 0 Å². The Morgan fingerprint density at radius 1 is 1.60 bits per heavy atom. The van der Waals surface area contributed by atoms with Gasteiger partial charge in [0.1, 0.15) is 11.8 Å². The van der Waals surface area contributed by atoms with Gasteiger partial charge in [0, 0.05) is 20.3 Å². The Kier molecular flexibility index (Phi) is 1.34. The van der Waals surface area contributed by atoms with Gasteiger partial charge in [0.25, 0.3) is 0 Å². The highest BCUT2D eigenvalue weighted by Gasteiger charge is 2.01. The van der Waals surface area contributed by atoms with Gasteiger partial charge in [-0.25, -0.2) is 4.79 Å². The van der Waals surface area contributed by atoms with Crippen LogP contribution in [0.15, 0.2) is 11.0 Å². The third-order valence-corrected chi connectivity index (χ3v) is 1.38. The number of aryl methyl sites for hydroxylation is 1. The lowest BCUT2D eigenvalue weighted by molar-refractivity contribution is 0.771. The lowest BCUT2D eigenvalue weighted by atomic mass is 10.5. The van der Waals surface area contributed by atoms with Crippen molar-refractivity contribution in [3.05, 3.63) is 22.4 Å². The average Bonchev–Trinajstić information content (AvgIpc) is 2.17. The van der Waals surface area contributed by atoms with Gasteiger partial charge in [-0.3, -0.25) is 4.57 Å². The molecule has 1 aromatic heterocycles. The summed E-state index contributed by atoms with van der Waals surface area (Å²) >= 11 is 0. The maximum Gasteiger partial charge on any atom is 0.328 e. The van der Waals surface area contributed by atoms with Crippen molar-refractivity contribution < 1.29 is 0 Å². The first-order valence-electron chi connectivity index (χ1n) is 2.79. The molecule has 4 heteroatoms. The largest absolute Gasteiger partial charge is 0.328 e. The fourth-order valence-corrected chi connectivity index (χ4v) is 0.769. The van der Waals surface area contributed by atoms with E-state index >= 15 is 0 Å². The lowest BCUT2D eigenvalue weighted by Crippen LogP contribution is -2.19. The number of aromatic nitrogens is 2. The number of imidazole rings is 1. The van der Waals surface area contributed by atoms with E-state index in [9.17, 15) is 4.79 Å². The van der Waals surface area contributed by atoms with Crippen LogP contribution < -0.4 is 5.69 Å². The highest BCUT2D eigenvalue weighted by Crippen LogP contribution is 1.88. The summed E-state index contributed by atoms with van der Waals surface area (Å²) in [6.07, 6.45) is 1.50. The highest BCUT2D eigenvalue weighted by molar-refractivity contribution is 5.17. The molecule has 1 heterocycles. The summed E-state index contributed by atoms with van der Waals surface area (Å²) < 4.78 is 2.68. The third kappa shape index (κ3) is 0.722. The Hall–Kier alpha value is -1.50. The zero-order chi connectivity index (χ0) is 7.72. The van der Waals surface area contributed by atoms with Gasteiger partial charge in [-0.05, 0) is 0 Å². The molecule has 4 nitrogen and oxygen atoms in total. The first-order valence-corrected chi connectivity index (χ1v) is 2.79. The zero-order valence-corrected chi connectivity index (χ0v) is 5.83. The van der Waals surface area contributed by atoms with Gasteiger partial charge in [-0.1, -0.05) is 0 Å². The maximum absolute atomic E-state index is 10.9. The minimum absolute atomic E-state index is 0.170. The van der Waals surface area contributed by atoms with Crippen LogP contribution in [0.3, 0.4) is 0 Å². The van der Waals surface area contributed by atoms with E-state index in [1.165, 1.54) is 15.3 Å². The van der Waals surface area contributed by atoms with Crippen LogP contribution in [0.4, 0.5) is 0 Å². The van der Waals surface area contributed by atoms with E-state index in [1.54, 1.807) is 14.1 Å². The van der Waals surface area contributed by atoms with Gasteiger partial charge >= 0.3 is 5.69 Å². The van der Waals surface area contributed by atoms with Crippen LogP contribution in [-0.4, -0.2) is 9.13 Å². The molecule has 0 N–H and O–H groups in total. The predicted octanol–water partition coefficient (Wildman–Crippen LogP) is -0.405. The molecule has 0 aliphatic rings. The molecule has 1 rings (SSSR count). The molecule has 0 aliphatic carbocycles. The summed E-state index contributed by atoms with van der Waals surface area (Å²) in [5.74, 6) is 0. The Bertz CT molecular complexity index is 339. The summed E-state index contributed by atoms with van der Waals surface area (Å²) in [7, 11) is 3.18. The van der Waals surface area contributed by atoms with E-state index < -0.39 is 0 Å². The molecule has 0 spiro atoms. The summed E-state index contributed by atoms with van der Waals surface area (Å²) in [6.45, 7) is 0. The van der Waals surface area contributed by atoms with Gasteiger partial charge in [-0.15, -0.1) is 0 Å². The summed E-state index contributed by atoms with van der Waals surface area (Å²) in [4.78, 5) is 10.9. The van der Waals surface area contributed by atoms with Crippen molar-refractivity contribution in [1.82, 2.24) is 9.13 Å². The second-order valence-electron chi connectivity index (χ2n) is 2.08. The van der Waals surface area contributed by atoms with Crippen LogP contribution in [0.5, 0.6) is 0 Å². The molecule has 0 radical (unpaired) electrons. The predicted molar refractivity (Wildman–Crippen MR) is 35.4 cm³/mol. The molecular weight excluding hydrogens is 130 g/mol. The van der Waals surface area contributed by atoms with Gasteiger partial charge in [-0.2, -0.15) is 5.26 Å². The molecule has 0 saturated carbocycles. The van der Waals surface area contributed by atoms with Crippen molar-refractivity contribution in [3.63, 3.8) is 0 Å². The van der Waals surface area contributed by atoms with Gasteiger partial charge < -0.3 is 4.57 Å². The number of nitriles is 1. The number of hydrogen-bond donors (Lipinski definition) is 0. The number of nitrogens with zero attached hydrogens (tertiary/aromatic N) is 3. The van der Waals surface area contributed by atoms with Crippen molar-refractivity contribution in [2.24, 2.45) is 14.1 Å². The van der Waals surface area contributed by atoms with Crippen molar-refractivity contribution in [2.45, 2.75) is 0 Å². The smallest absolute Gasteiger partial charge is 0.301 e. The van der Waals surface area contributed by atoms with Crippen molar-refractivity contribution in [1.29, 1.82) is 5.26 Å². The van der Waals surface area contributed by atoms with Crippen LogP contribution in [0.2, 0.25) is 0 Å². The SMILES string of the molecule is Cn1cc(C#N)n(C)c1=O.